The van der Waals surface area contributed by atoms with Crippen molar-refractivity contribution in [2.45, 2.75) is 33.7 Å². The molecule has 1 rings (SSSR count). The number of nitrogens with one attached hydrogen (secondary N) is 1. The van der Waals surface area contributed by atoms with E-state index in [0.29, 0.717) is 12.0 Å². The van der Waals surface area contributed by atoms with E-state index in [9.17, 15) is 0 Å². The maximum atomic E-state index is 4.39. The molecule has 14 heavy (non-hydrogen) atoms. The molecule has 0 aliphatic carbocycles. The van der Waals surface area contributed by atoms with Crippen molar-refractivity contribution in [1.29, 1.82) is 0 Å². The number of rotatable bonds is 5. The molecule has 1 aromatic heterocycles. The molecular weight excluding hydrogens is 174 g/mol. The molecule has 0 aromatic carbocycles. The minimum atomic E-state index is 0.433. The van der Waals surface area contributed by atoms with Gasteiger partial charge in [0, 0.05) is 12.7 Å². The Morgan fingerprint density at radius 2 is 2.07 bits per heavy atom. The van der Waals surface area contributed by atoms with Crippen molar-refractivity contribution in [1.82, 2.24) is 15.1 Å². The summed E-state index contributed by atoms with van der Waals surface area (Å²) in [5.74, 6) is 0.710. The van der Waals surface area contributed by atoms with E-state index in [1.54, 1.807) is 0 Å². The highest BCUT2D eigenvalue weighted by atomic mass is 15.3. The third-order valence-electron chi connectivity index (χ3n) is 2.19. The Kier molecular flexibility index (Phi) is 4.14. The summed E-state index contributed by atoms with van der Waals surface area (Å²) in [5, 5.41) is 7.82. The van der Waals surface area contributed by atoms with E-state index in [1.165, 1.54) is 0 Å². The smallest absolute Gasteiger partial charge is 0.0615 e. The molecule has 0 bridgehead atoms. The number of aromatic nitrogens is 2. The van der Waals surface area contributed by atoms with Gasteiger partial charge in [0.1, 0.15) is 0 Å². The van der Waals surface area contributed by atoms with Gasteiger partial charge in [-0.25, -0.2) is 0 Å². The van der Waals surface area contributed by atoms with Gasteiger partial charge in [0.15, 0.2) is 0 Å². The predicted octanol–water partition coefficient (Wildman–Crippen LogP) is 2.00. The average Bonchev–Trinajstić information content (AvgIpc) is 2.51. The topological polar surface area (TPSA) is 29.9 Å². The monoisotopic (exact) mass is 195 g/mol. The summed E-state index contributed by atoms with van der Waals surface area (Å²) in [5.41, 5.74) is 1.08. The molecular formula is C11H21N3. The first-order chi connectivity index (χ1) is 6.59. The van der Waals surface area contributed by atoms with E-state index in [4.69, 9.17) is 0 Å². The van der Waals surface area contributed by atoms with Crippen molar-refractivity contribution in [3.05, 3.63) is 18.0 Å². The highest BCUT2D eigenvalue weighted by molar-refractivity contribution is 4.95. The minimum absolute atomic E-state index is 0.433. The second-order valence-electron chi connectivity index (χ2n) is 4.34. The molecule has 3 heteroatoms. The molecule has 1 aromatic rings. The molecule has 0 saturated heterocycles. The first-order valence-electron chi connectivity index (χ1n) is 5.32. The summed E-state index contributed by atoms with van der Waals surface area (Å²) < 4.78 is 2.02. The second-order valence-corrected chi connectivity index (χ2v) is 4.34. The van der Waals surface area contributed by atoms with Gasteiger partial charge in [-0.3, -0.25) is 4.68 Å². The van der Waals surface area contributed by atoms with Gasteiger partial charge in [0.25, 0.3) is 0 Å². The largest absolute Gasteiger partial charge is 0.314 e. The molecule has 0 aliphatic heterocycles. The van der Waals surface area contributed by atoms with E-state index in [1.807, 2.05) is 23.9 Å². The second kappa shape index (κ2) is 5.15. The molecule has 0 radical (unpaired) electrons. The molecule has 0 fully saturated rings. The Morgan fingerprint density at radius 3 is 2.57 bits per heavy atom. The molecule has 0 spiro atoms. The maximum absolute atomic E-state index is 4.39. The van der Waals surface area contributed by atoms with Crippen LogP contribution in [0.1, 0.15) is 32.5 Å². The normalized spacial score (nSPS) is 13.5. The Morgan fingerprint density at radius 1 is 1.36 bits per heavy atom. The van der Waals surface area contributed by atoms with Gasteiger partial charge >= 0.3 is 0 Å². The zero-order valence-corrected chi connectivity index (χ0v) is 9.62. The summed E-state index contributed by atoms with van der Waals surface area (Å²) in [7, 11) is 0. The van der Waals surface area contributed by atoms with E-state index in [2.05, 4.69) is 31.2 Å². The Hall–Kier alpha value is -0.830. The zero-order chi connectivity index (χ0) is 10.6. The van der Waals surface area contributed by atoms with Gasteiger partial charge in [0.05, 0.1) is 11.7 Å². The summed E-state index contributed by atoms with van der Waals surface area (Å²) in [6.45, 7) is 10.7. The molecule has 0 amide bonds. The molecule has 1 atom stereocenters. The van der Waals surface area contributed by atoms with Crippen molar-refractivity contribution >= 4 is 0 Å². The minimum Gasteiger partial charge on any atom is -0.314 e. The molecule has 3 nitrogen and oxygen atoms in total. The fourth-order valence-electron chi connectivity index (χ4n) is 1.35. The van der Waals surface area contributed by atoms with Gasteiger partial charge in [-0.2, -0.15) is 5.10 Å². The van der Waals surface area contributed by atoms with Crippen molar-refractivity contribution < 1.29 is 0 Å². The van der Waals surface area contributed by atoms with Crippen LogP contribution in [0.5, 0.6) is 0 Å². The van der Waals surface area contributed by atoms with Gasteiger partial charge in [-0.15, -0.1) is 0 Å². The summed E-state index contributed by atoms with van der Waals surface area (Å²) >= 11 is 0. The van der Waals surface area contributed by atoms with Gasteiger partial charge < -0.3 is 5.32 Å². The van der Waals surface area contributed by atoms with Crippen molar-refractivity contribution in [2.75, 3.05) is 13.1 Å². The van der Waals surface area contributed by atoms with Crippen LogP contribution in [0.2, 0.25) is 0 Å². The summed E-state index contributed by atoms with van der Waals surface area (Å²) in [4.78, 5) is 0. The van der Waals surface area contributed by atoms with Crippen molar-refractivity contribution in [3.8, 4) is 0 Å². The molecule has 1 N–H and O–H groups in total. The lowest BCUT2D eigenvalue weighted by Crippen LogP contribution is -2.27. The predicted molar refractivity (Wildman–Crippen MR) is 59.4 cm³/mol. The van der Waals surface area contributed by atoms with Gasteiger partial charge in [0.2, 0.25) is 0 Å². The highest BCUT2D eigenvalue weighted by Crippen LogP contribution is 2.03. The van der Waals surface area contributed by atoms with E-state index >= 15 is 0 Å². The van der Waals surface area contributed by atoms with Crippen LogP contribution in [0.4, 0.5) is 0 Å². The third kappa shape index (κ3) is 3.50. The van der Waals surface area contributed by atoms with Crippen molar-refractivity contribution in [3.63, 3.8) is 0 Å². The molecule has 80 valence electrons. The molecule has 0 saturated carbocycles. The highest BCUT2D eigenvalue weighted by Gasteiger charge is 2.04. The quantitative estimate of drug-likeness (QED) is 0.778. The molecule has 1 unspecified atom stereocenters. The number of hydrogen-bond acceptors (Lipinski definition) is 2. The van der Waals surface area contributed by atoms with Crippen molar-refractivity contribution in [2.24, 2.45) is 5.92 Å². The Bertz CT molecular complexity index is 265. The SMILES string of the molecule is Cc1ccn(C(C)CNCC(C)C)n1. The summed E-state index contributed by atoms with van der Waals surface area (Å²) in [6.07, 6.45) is 2.04. The number of hydrogen-bond donors (Lipinski definition) is 1. The van der Waals surface area contributed by atoms with Gasteiger partial charge in [-0.05, 0) is 32.4 Å². The Balaban J connectivity index is 2.32. The van der Waals surface area contributed by atoms with Crippen LogP contribution in [0.25, 0.3) is 0 Å². The van der Waals surface area contributed by atoms with E-state index in [0.717, 1.165) is 18.8 Å². The third-order valence-corrected chi connectivity index (χ3v) is 2.19. The zero-order valence-electron chi connectivity index (χ0n) is 9.62. The van der Waals surface area contributed by atoms with Gasteiger partial charge in [-0.1, -0.05) is 13.8 Å². The van der Waals surface area contributed by atoms with Crippen LogP contribution in [0.15, 0.2) is 12.3 Å². The first kappa shape index (κ1) is 11.2. The fourth-order valence-corrected chi connectivity index (χ4v) is 1.35. The maximum Gasteiger partial charge on any atom is 0.0615 e. The van der Waals surface area contributed by atoms with E-state index in [-0.39, 0.29) is 0 Å². The fraction of sp³-hybridized carbons (Fsp3) is 0.727. The molecule has 0 aliphatic rings. The first-order valence-corrected chi connectivity index (χ1v) is 5.32. The van der Waals surface area contributed by atoms with Crippen LogP contribution in [0.3, 0.4) is 0 Å². The Labute approximate surface area is 86.5 Å². The number of nitrogens with zero attached hydrogens (tertiary/aromatic N) is 2. The van der Waals surface area contributed by atoms with E-state index < -0.39 is 0 Å². The van der Waals surface area contributed by atoms with Crippen LogP contribution in [-0.4, -0.2) is 22.9 Å². The number of aryl methyl sites for hydroxylation is 1. The lowest BCUT2D eigenvalue weighted by Gasteiger charge is -2.14. The molecule has 1 heterocycles. The van der Waals surface area contributed by atoms with Crippen LogP contribution >= 0.6 is 0 Å². The van der Waals surface area contributed by atoms with Crippen LogP contribution in [0, 0.1) is 12.8 Å². The lowest BCUT2D eigenvalue weighted by molar-refractivity contribution is 0.433. The standard InChI is InChI=1S/C11H21N3/c1-9(2)7-12-8-11(4)14-6-5-10(3)13-14/h5-6,9,11-12H,7-8H2,1-4H3. The average molecular weight is 195 g/mol. The van der Waals surface area contributed by atoms with Crippen LogP contribution in [-0.2, 0) is 0 Å². The van der Waals surface area contributed by atoms with Crippen LogP contribution < -0.4 is 5.32 Å². The summed E-state index contributed by atoms with van der Waals surface area (Å²) in [6, 6.07) is 2.47. The lowest BCUT2D eigenvalue weighted by atomic mass is 10.2.